The minimum atomic E-state index is -0.00591. The highest BCUT2D eigenvalue weighted by Gasteiger charge is 2.19. The van der Waals surface area contributed by atoms with Crippen LogP contribution in [0.4, 0.5) is 0 Å². The molecule has 0 aliphatic carbocycles. The molecule has 0 fully saturated rings. The summed E-state index contributed by atoms with van der Waals surface area (Å²) in [7, 11) is 0. The Balaban J connectivity index is 1.89. The van der Waals surface area contributed by atoms with Gasteiger partial charge in [0.2, 0.25) is 0 Å². The van der Waals surface area contributed by atoms with Crippen molar-refractivity contribution in [3.63, 3.8) is 0 Å². The number of thiophene rings is 1. The molecule has 1 N–H and O–H groups in total. The number of fused-ring (bicyclic) bond motifs is 1. The summed E-state index contributed by atoms with van der Waals surface area (Å²) < 4.78 is 1.16. The van der Waals surface area contributed by atoms with Gasteiger partial charge in [0.25, 0.3) is 5.91 Å². The second-order valence-corrected chi connectivity index (χ2v) is 6.94. The molecule has 0 saturated heterocycles. The van der Waals surface area contributed by atoms with E-state index in [9.17, 15) is 4.79 Å². The number of amides is 1. The topological polar surface area (TPSA) is 29.1 Å². The third kappa shape index (κ3) is 2.89. The molecule has 0 spiro atoms. The van der Waals surface area contributed by atoms with Gasteiger partial charge in [-0.2, -0.15) is 0 Å². The Morgan fingerprint density at radius 1 is 1.09 bits per heavy atom. The van der Waals surface area contributed by atoms with Crippen molar-refractivity contribution in [3.05, 3.63) is 65.0 Å². The molecule has 1 unspecified atom stereocenters. The van der Waals surface area contributed by atoms with Gasteiger partial charge >= 0.3 is 0 Å². The van der Waals surface area contributed by atoms with Crippen LogP contribution in [0.2, 0.25) is 0 Å². The Hall–Kier alpha value is -1.78. The van der Waals surface area contributed by atoms with Crippen molar-refractivity contribution in [3.8, 4) is 0 Å². The zero-order chi connectivity index (χ0) is 15.5. The zero-order valence-electron chi connectivity index (χ0n) is 12.5. The molecule has 112 valence electrons. The van der Waals surface area contributed by atoms with Gasteiger partial charge in [0.1, 0.15) is 4.88 Å². The molecule has 3 aromatic rings. The fourth-order valence-corrected chi connectivity index (χ4v) is 4.58. The van der Waals surface area contributed by atoms with E-state index in [1.165, 1.54) is 0 Å². The summed E-state index contributed by atoms with van der Waals surface area (Å²) in [4.78, 5) is 14.5. The molecule has 2 aromatic carbocycles. The summed E-state index contributed by atoms with van der Waals surface area (Å²) >= 11 is 3.19. The molecule has 1 aromatic heterocycles. The monoisotopic (exact) mass is 327 g/mol. The lowest BCUT2D eigenvalue weighted by Crippen LogP contribution is -2.26. The molecule has 1 atom stereocenters. The lowest BCUT2D eigenvalue weighted by molar-refractivity contribution is 0.0941. The van der Waals surface area contributed by atoms with Crippen LogP contribution >= 0.6 is 23.1 Å². The minimum absolute atomic E-state index is 0.00176. The highest BCUT2D eigenvalue weighted by atomic mass is 32.2. The third-order valence-corrected chi connectivity index (χ3v) is 5.74. The molecule has 3 rings (SSSR count). The van der Waals surface area contributed by atoms with Crippen molar-refractivity contribution in [1.82, 2.24) is 5.32 Å². The van der Waals surface area contributed by atoms with Gasteiger partial charge in [-0.25, -0.2) is 0 Å². The highest BCUT2D eigenvalue weighted by molar-refractivity contribution is 7.99. The Morgan fingerprint density at radius 3 is 2.50 bits per heavy atom. The predicted molar refractivity (Wildman–Crippen MR) is 95.9 cm³/mol. The Morgan fingerprint density at radius 2 is 1.77 bits per heavy atom. The standard InChI is InChI=1S/C18H17NOS2/c1-12(13-8-4-3-5-9-13)19-18(20)17-16(21-2)14-10-6-7-11-15(14)22-17/h3-12H,1-2H3,(H,19,20). The fraction of sp³-hybridized carbons (Fsp3) is 0.167. The summed E-state index contributed by atoms with van der Waals surface area (Å²) in [6.45, 7) is 2.01. The molecule has 22 heavy (non-hydrogen) atoms. The second-order valence-electron chi connectivity index (χ2n) is 5.07. The number of thioether (sulfide) groups is 1. The highest BCUT2D eigenvalue weighted by Crippen LogP contribution is 2.37. The number of benzene rings is 2. The molecule has 1 amide bonds. The first-order chi connectivity index (χ1) is 10.7. The Labute approximate surface area is 138 Å². The van der Waals surface area contributed by atoms with E-state index < -0.39 is 0 Å². The zero-order valence-corrected chi connectivity index (χ0v) is 14.1. The van der Waals surface area contributed by atoms with Crippen LogP contribution in [0, 0.1) is 0 Å². The maximum Gasteiger partial charge on any atom is 0.263 e. The van der Waals surface area contributed by atoms with Crippen LogP contribution in [-0.4, -0.2) is 12.2 Å². The molecule has 2 nitrogen and oxygen atoms in total. The summed E-state index contributed by atoms with van der Waals surface area (Å²) in [5.74, 6) is 0.00176. The van der Waals surface area contributed by atoms with Crippen molar-refractivity contribution < 1.29 is 4.79 Å². The normalized spacial score (nSPS) is 12.3. The van der Waals surface area contributed by atoms with Gasteiger partial charge in [0.05, 0.1) is 6.04 Å². The first-order valence-electron chi connectivity index (χ1n) is 7.12. The van der Waals surface area contributed by atoms with Crippen molar-refractivity contribution in [2.75, 3.05) is 6.26 Å². The van der Waals surface area contributed by atoms with E-state index in [0.29, 0.717) is 0 Å². The van der Waals surface area contributed by atoms with E-state index in [1.807, 2.05) is 55.6 Å². The first-order valence-corrected chi connectivity index (χ1v) is 9.16. The van der Waals surface area contributed by atoms with E-state index in [1.54, 1.807) is 23.1 Å². The molecule has 0 bridgehead atoms. The average Bonchev–Trinajstić information content (AvgIpc) is 2.94. The van der Waals surface area contributed by atoms with Gasteiger partial charge < -0.3 is 5.32 Å². The van der Waals surface area contributed by atoms with E-state index >= 15 is 0 Å². The third-order valence-electron chi connectivity index (χ3n) is 3.61. The molecular weight excluding hydrogens is 310 g/mol. The van der Waals surface area contributed by atoms with Gasteiger partial charge in [-0.15, -0.1) is 23.1 Å². The van der Waals surface area contributed by atoms with Gasteiger partial charge in [-0.3, -0.25) is 4.79 Å². The van der Waals surface area contributed by atoms with Crippen LogP contribution in [0.3, 0.4) is 0 Å². The van der Waals surface area contributed by atoms with E-state index in [2.05, 4.69) is 17.4 Å². The fourth-order valence-electron chi connectivity index (χ4n) is 2.46. The minimum Gasteiger partial charge on any atom is -0.345 e. The summed E-state index contributed by atoms with van der Waals surface area (Å²) in [5, 5.41) is 4.27. The van der Waals surface area contributed by atoms with Crippen molar-refractivity contribution in [2.45, 2.75) is 17.9 Å². The molecule has 0 aliphatic heterocycles. The molecule has 0 radical (unpaired) electrons. The van der Waals surface area contributed by atoms with Gasteiger partial charge in [0, 0.05) is 15.0 Å². The first kappa shape index (κ1) is 15.1. The van der Waals surface area contributed by atoms with Crippen molar-refractivity contribution in [2.24, 2.45) is 0 Å². The van der Waals surface area contributed by atoms with Crippen LogP contribution < -0.4 is 5.32 Å². The summed E-state index contributed by atoms with van der Waals surface area (Å²) in [5.41, 5.74) is 1.11. The van der Waals surface area contributed by atoms with Crippen LogP contribution in [0.25, 0.3) is 10.1 Å². The smallest absolute Gasteiger partial charge is 0.263 e. The lowest BCUT2D eigenvalue weighted by Gasteiger charge is -2.14. The van der Waals surface area contributed by atoms with Gasteiger partial charge in [0.15, 0.2) is 0 Å². The van der Waals surface area contributed by atoms with E-state index in [4.69, 9.17) is 0 Å². The average molecular weight is 327 g/mol. The largest absolute Gasteiger partial charge is 0.345 e. The summed E-state index contributed by atoms with van der Waals surface area (Å²) in [6.07, 6.45) is 2.02. The Kier molecular flexibility index (Phi) is 4.50. The van der Waals surface area contributed by atoms with Crippen LogP contribution in [0.5, 0.6) is 0 Å². The number of nitrogens with one attached hydrogen (secondary N) is 1. The Bertz CT molecular complexity index is 795. The number of carbonyl (C=O) groups is 1. The van der Waals surface area contributed by atoms with E-state index in [0.717, 1.165) is 25.4 Å². The number of hydrogen-bond donors (Lipinski definition) is 1. The predicted octanol–water partition coefficient (Wildman–Crippen LogP) is 5.11. The van der Waals surface area contributed by atoms with Crippen molar-refractivity contribution in [1.29, 1.82) is 0 Å². The molecule has 0 saturated carbocycles. The number of rotatable bonds is 4. The number of carbonyl (C=O) groups excluding carboxylic acids is 1. The SMILES string of the molecule is CSc1c(C(=O)NC(C)c2ccccc2)sc2ccccc12. The second kappa shape index (κ2) is 6.55. The van der Waals surface area contributed by atoms with Crippen LogP contribution in [0.1, 0.15) is 28.2 Å². The molecular formula is C18H17NOS2. The molecule has 1 heterocycles. The summed E-state index contributed by atoms with van der Waals surface area (Å²) in [6, 6.07) is 18.2. The van der Waals surface area contributed by atoms with Gasteiger partial charge in [-0.05, 0) is 24.8 Å². The molecule has 4 heteroatoms. The maximum absolute atomic E-state index is 12.7. The quantitative estimate of drug-likeness (QED) is 0.674. The lowest BCUT2D eigenvalue weighted by atomic mass is 10.1. The van der Waals surface area contributed by atoms with Crippen molar-refractivity contribution >= 4 is 39.1 Å². The number of hydrogen-bond acceptors (Lipinski definition) is 3. The molecule has 0 aliphatic rings. The van der Waals surface area contributed by atoms with Gasteiger partial charge in [-0.1, -0.05) is 48.5 Å². The van der Waals surface area contributed by atoms with Crippen LogP contribution in [-0.2, 0) is 0 Å². The maximum atomic E-state index is 12.7. The van der Waals surface area contributed by atoms with E-state index in [-0.39, 0.29) is 11.9 Å². The van der Waals surface area contributed by atoms with Crippen LogP contribution in [0.15, 0.2) is 59.5 Å².